The molecule has 2 saturated carbocycles. The first-order valence-corrected chi connectivity index (χ1v) is 7.64. The minimum Gasteiger partial charge on any atom is -0.381 e. The van der Waals surface area contributed by atoms with Crippen molar-refractivity contribution >= 4 is 17.4 Å². The first-order valence-electron chi connectivity index (χ1n) is 7.27. The summed E-state index contributed by atoms with van der Waals surface area (Å²) in [6, 6.07) is 0.365. The third-order valence-electron chi connectivity index (χ3n) is 4.82. The molecule has 2 atom stereocenters. The third kappa shape index (κ3) is 2.29. The van der Waals surface area contributed by atoms with E-state index >= 15 is 0 Å². The number of anilines is 1. The number of halogens is 1. The molecule has 1 aromatic heterocycles. The Balaban J connectivity index is 1.81. The molecule has 1 heterocycles. The second kappa shape index (κ2) is 4.85. The summed E-state index contributed by atoms with van der Waals surface area (Å²) in [5.74, 6) is 2.29. The minimum atomic E-state index is 0.109. The van der Waals surface area contributed by atoms with Crippen LogP contribution >= 0.6 is 11.6 Å². The largest absolute Gasteiger partial charge is 0.381 e. The summed E-state index contributed by atoms with van der Waals surface area (Å²) in [6.45, 7) is 6.42. The zero-order valence-electron chi connectivity index (χ0n) is 12.5. The molecule has 0 amide bonds. The van der Waals surface area contributed by atoms with Gasteiger partial charge in [0.15, 0.2) is 0 Å². The topological polar surface area (TPSA) is 47.0 Å². The van der Waals surface area contributed by atoms with E-state index in [0.29, 0.717) is 23.2 Å². The zero-order valence-corrected chi connectivity index (χ0v) is 13.3. The average molecular weight is 296 g/mol. The molecule has 0 aliphatic heterocycles. The third-order valence-corrected chi connectivity index (χ3v) is 5.19. The fourth-order valence-electron chi connectivity index (χ4n) is 2.87. The molecule has 4 nitrogen and oxygen atoms in total. The van der Waals surface area contributed by atoms with E-state index in [0.717, 1.165) is 23.6 Å². The monoisotopic (exact) mass is 295 g/mol. The van der Waals surface area contributed by atoms with Gasteiger partial charge in [0.05, 0.1) is 6.10 Å². The lowest BCUT2D eigenvalue weighted by Crippen LogP contribution is -2.57. The van der Waals surface area contributed by atoms with Crippen molar-refractivity contribution in [2.24, 2.45) is 5.41 Å². The Morgan fingerprint density at radius 3 is 2.55 bits per heavy atom. The minimum absolute atomic E-state index is 0.109. The van der Waals surface area contributed by atoms with E-state index in [4.69, 9.17) is 16.3 Å². The van der Waals surface area contributed by atoms with Crippen LogP contribution < -0.4 is 5.32 Å². The number of aromatic nitrogens is 2. The van der Waals surface area contributed by atoms with Gasteiger partial charge in [-0.15, -0.1) is 0 Å². The average Bonchev–Trinajstić information content (AvgIpc) is 3.22. The van der Waals surface area contributed by atoms with Gasteiger partial charge in [0, 0.05) is 30.0 Å². The van der Waals surface area contributed by atoms with Crippen LogP contribution in [-0.4, -0.2) is 29.2 Å². The molecule has 0 saturated heterocycles. The van der Waals surface area contributed by atoms with Gasteiger partial charge in [0.2, 0.25) is 0 Å². The summed E-state index contributed by atoms with van der Waals surface area (Å²) in [7, 11) is 1.78. The van der Waals surface area contributed by atoms with Gasteiger partial charge < -0.3 is 10.1 Å². The number of methoxy groups -OCH3 is 1. The van der Waals surface area contributed by atoms with Gasteiger partial charge in [0.25, 0.3) is 0 Å². The Bertz CT molecular complexity index is 528. The van der Waals surface area contributed by atoms with Gasteiger partial charge in [-0.25, -0.2) is 9.97 Å². The molecule has 1 aromatic rings. The number of rotatable bonds is 4. The Morgan fingerprint density at radius 2 is 2.00 bits per heavy atom. The maximum atomic E-state index is 6.25. The van der Waals surface area contributed by atoms with E-state index in [-0.39, 0.29) is 5.41 Å². The fraction of sp³-hybridized carbons (Fsp3) is 0.733. The predicted molar refractivity (Wildman–Crippen MR) is 80.4 cm³/mol. The Labute approximate surface area is 125 Å². The summed E-state index contributed by atoms with van der Waals surface area (Å²) in [5, 5.41) is 4.12. The molecule has 3 rings (SSSR count). The molecule has 1 N–H and O–H groups in total. The molecule has 0 bridgehead atoms. The van der Waals surface area contributed by atoms with Crippen LogP contribution in [-0.2, 0) is 4.74 Å². The van der Waals surface area contributed by atoms with Gasteiger partial charge >= 0.3 is 0 Å². The van der Waals surface area contributed by atoms with Crippen molar-refractivity contribution in [1.29, 1.82) is 0 Å². The highest BCUT2D eigenvalue weighted by atomic mass is 35.5. The van der Waals surface area contributed by atoms with Gasteiger partial charge in [-0.05, 0) is 26.2 Å². The first-order chi connectivity index (χ1) is 9.43. The molecule has 0 aromatic carbocycles. The lowest BCUT2D eigenvalue weighted by atomic mass is 9.64. The molecule has 2 unspecified atom stereocenters. The van der Waals surface area contributed by atoms with Gasteiger partial charge in [-0.1, -0.05) is 25.4 Å². The number of ether oxygens (including phenoxy) is 1. The van der Waals surface area contributed by atoms with Crippen molar-refractivity contribution in [3.63, 3.8) is 0 Å². The Morgan fingerprint density at radius 1 is 1.30 bits per heavy atom. The molecule has 2 fully saturated rings. The fourth-order valence-corrected chi connectivity index (χ4v) is 3.04. The van der Waals surface area contributed by atoms with Crippen molar-refractivity contribution in [2.45, 2.75) is 58.1 Å². The van der Waals surface area contributed by atoms with E-state index in [1.807, 2.05) is 6.92 Å². The molecule has 20 heavy (non-hydrogen) atoms. The standard InChI is InChI=1S/C15H22ClN3O/c1-8-12(16)18-14(9-5-6-9)19-13(8)17-10-7-11(20-4)15(10,2)3/h9-11H,5-7H2,1-4H3,(H,17,18,19). The zero-order chi connectivity index (χ0) is 14.5. The predicted octanol–water partition coefficient (Wildman–Crippen LogP) is 3.54. The quantitative estimate of drug-likeness (QED) is 0.863. The summed E-state index contributed by atoms with van der Waals surface area (Å²) < 4.78 is 5.50. The second-order valence-electron chi connectivity index (χ2n) is 6.60. The molecule has 2 aliphatic carbocycles. The molecule has 2 aliphatic rings. The van der Waals surface area contributed by atoms with Gasteiger partial charge in [0.1, 0.15) is 16.8 Å². The van der Waals surface area contributed by atoms with Gasteiger partial charge in [-0.2, -0.15) is 0 Å². The SMILES string of the molecule is COC1CC(Nc2nc(C3CC3)nc(Cl)c2C)C1(C)C. The van der Waals surface area contributed by atoms with Crippen molar-refractivity contribution in [3.05, 3.63) is 16.5 Å². The normalized spacial score (nSPS) is 28.1. The molecule has 110 valence electrons. The Kier molecular flexibility index (Phi) is 3.41. The van der Waals surface area contributed by atoms with Crippen LogP contribution in [0.5, 0.6) is 0 Å². The van der Waals surface area contributed by atoms with Crippen LogP contribution in [0, 0.1) is 12.3 Å². The first kappa shape index (κ1) is 14.1. The van der Waals surface area contributed by atoms with Crippen LogP contribution in [0.15, 0.2) is 0 Å². The maximum absolute atomic E-state index is 6.25. The van der Waals surface area contributed by atoms with Crippen LogP contribution in [0.25, 0.3) is 0 Å². The Hall–Kier alpha value is -0.870. The highest BCUT2D eigenvalue weighted by Crippen LogP contribution is 2.45. The van der Waals surface area contributed by atoms with Crippen LogP contribution in [0.3, 0.4) is 0 Å². The summed E-state index contributed by atoms with van der Waals surface area (Å²) in [5.41, 5.74) is 1.05. The van der Waals surface area contributed by atoms with Crippen molar-refractivity contribution in [1.82, 2.24) is 9.97 Å². The smallest absolute Gasteiger partial charge is 0.137 e. The van der Waals surface area contributed by atoms with Crippen LogP contribution in [0.1, 0.15) is 50.4 Å². The van der Waals surface area contributed by atoms with Crippen LogP contribution in [0.2, 0.25) is 5.15 Å². The molecule has 5 heteroatoms. The summed E-state index contributed by atoms with van der Waals surface area (Å²) in [6.07, 6.45) is 3.67. The number of nitrogens with one attached hydrogen (secondary N) is 1. The molecular formula is C15H22ClN3O. The molecule has 0 spiro atoms. The van der Waals surface area contributed by atoms with Gasteiger partial charge in [-0.3, -0.25) is 0 Å². The lowest BCUT2D eigenvalue weighted by Gasteiger charge is -2.51. The number of hydrogen-bond acceptors (Lipinski definition) is 4. The van der Waals surface area contributed by atoms with Crippen molar-refractivity contribution in [3.8, 4) is 0 Å². The highest BCUT2D eigenvalue weighted by Gasteiger charge is 2.49. The molecular weight excluding hydrogens is 274 g/mol. The molecule has 0 radical (unpaired) electrons. The van der Waals surface area contributed by atoms with Crippen LogP contribution in [0.4, 0.5) is 5.82 Å². The highest BCUT2D eigenvalue weighted by molar-refractivity contribution is 6.30. The van der Waals surface area contributed by atoms with Crippen molar-refractivity contribution < 1.29 is 4.74 Å². The lowest BCUT2D eigenvalue weighted by molar-refractivity contribution is -0.0795. The number of nitrogens with zero attached hydrogens (tertiary/aromatic N) is 2. The van der Waals surface area contributed by atoms with E-state index in [1.54, 1.807) is 7.11 Å². The van der Waals surface area contributed by atoms with E-state index < -0.39 is 0 Å². The maximum Gasteiger partial charge on any atom is 0.137 e. The van der Waals surface area contributed by atoms with E-state index in [2.05, 4.69) is 29.1 Å². The van der Waals surface area contributed by atoms with E-state index in [9.17, 15) is 0 Å². The summed E-state index contributed by atoms with van der Waals surface area (Å²) >= 11 is 6.25. The van der Waals surface area contributed by atoms with Crippen molar-refractivity contribution in [2.75, 3.05) is 12.4 Å². The number of hydrogen-bond donors (Lipinski definition) is 1. The second-order valence-corrected chi connectivity index (χ2v) is 6.96. The van der Waals surface area contributed by atoms with E-state index in [1.165, 1.54) is 12.8 Å². The summed E-state index contributed by atoms with van der Waals surface area (Å²) in [4.78, 5) is 9.09.